The average molecular weight is 2030 g/mol. The number of carbonyl (C=O) groups is 7. The number of carbonyl (C=O) groups excluding carboxylic acids is 6. The van der Waals surface area contributed by atoms with Crippen LogP contribution in [0.5, 0.6) is 17.2 Å². The number of aromatic carboxylic acids is 1. The molecule has 3 aromatic carbocycles. The Balaban J connectivity index is 0.000000178. The maximum atomic E-state index is 17.5. The molecule has 0 bridgehead atoms. The fourth-order valence-electron chi connectivity index (χ4n) is 31.6. The number of aliphatic hydroxyl groups excluding tert-OH is 3. The molecule has 11 aliphatic carbocycles. The first-order valence-electron chi connectivity index (χ1n) is 53.4. The van der Waals surface area contributed by atoms with Crippen molar-refractivity contribution < 1.29 is 106 Å². The molecular formula is C113H140F3N9O22. The summed E-state index contributed by atoms with van der Waals surface area (Å²) in [6, 6.07) is 0.271. The van der Waals surface area contributed by atoms with Gasteiger partial charge in [0, 0.05) is 149 Å². The van der Waals surface area contributed by atoms with Crippen molar-refractivity contribution in [2.45, 2.75) is 270 Å². The number of methoxy groups -OCH3 is 3. The van der Waals surface area contributed by atoms with Crippen LogP contribution >= 0.6 is 0 Å². The van der Waals surface area contributed by atoms with Gasteiger partial charge in [-0.1, -0.05) is 51.0 Å². The van der Waals surface area contributed by atoms with Crippen LogP contribution in [0.3, 0.4) is 0 Å². The van der Waals surface area contributed by atoms with Gasteiger partial charge in [-0.15, -0.1) is 0 Å². The fraction of sp³-hybridized carbons (Fsp3) is 0.628. The van der Waals surface area contributed by atoms with Gasteiger partial charge in [0.2, 0.25) is 16.3 Å². The van der Waals surface area contributed by atoms with E-state index < -0.39 is 123 Å². The van der Waals surface area contributed by atoms with Gasteiger partial charge in [-0.2, -0.15) is 0 Å². The van der Waals surface area contributed by atoms with Crippen LogP contribution in [-0.2, 0) is 33.4 Å². The number of ketones is 4. The van der Waals surface area contributed by atoms with Crippen LogP contribution in [0.2, 0.25) is 0 Å². The van der Waals surface area contributed by atoms with Gasteiger partial charge in [-0.05, 0) is 262 Å². The number of nitrogens with one attached hydrogen (secondary N) is 2. The topological polar surface area (TPSA) is 399 Å². The van der Waals surface area contributed by atoms with Crippen LogP contribution in [0.15, 0.2) is 62.0 Å². The van der Waals surface area contributed by atoms with Gasteiger partial charge in [0.15, 0.2) is 64.6 Å². The number of rotatable bonds is 21. The number of fused-ring (bicyclic) bond motifs is 16. The summed E-state index contributed by atoms with van der Waals surface area (Å²) in [5.74, 6) is -4.34. The summed E-state index contributed by atoms with van der Waals surface area (Å²) in [6.07, 6.45) is 25.1. The predicted octanol–water partition coefficient (Wildman–Crippen LogP) is 12.7. The molecule has 0 spiro atoms. The molecule has 6 unspecified atom stereocenters. The summed E-state index contributed by atoms with van der Waals surface area (Å²) in [5, 5.41) is 72.9. The number of esters is 2. The Morgan fingerprint density at radius 3 is 1.27 bits per heavy atom. The average Bonchev–Trinajstić information content (AvgIpc) is 1.53. The van der Waals surface area contributed by atoms with E-state index in [9.17, 15) is 78.6 Å². The summed E-state index contributed by atoms with van der Waals surface area (Å²) in [6.45, 7) is 21.5. The fourth-order valence-corrected chi connectivity index (χ4v) is 31.6. The number of aryl methyl sites for hydroxylation is 3. The SMILES string of the molecule is COc1c(N2CC3CCCNC3C2)c(F)c(C)c2c(=O)c(C(=O)O)c(C)n(C3CC3)c12.COc1c(N2CC3CCCNC3C2)c(F)c(C)c2c(=O)c(C(=O)OCN3CCCC4CN(c5c(F)c(C)c6c(=O)c(C(=O)OCOCC(=O)[C@@]7(O)CC[C@H]8[C@@H]9CCC%10=CC(=O)C=C[C@]%10(C)[C@H]9[C@@H](O)C[C@@]87C)c(C)n(C7CC7)c6c5OC)CC43)c(C)n(C3CC3)c12.C[C@]12C=CC(=O)C=C1CC[C@@H]1[C@@H]2[C@@H](O)C[C@@]2(C)[C@H]1CC[C@]2(O)C(=O)CO. The second kappa shape index (κ2) is 37.9. The highest BCUT2D eigenvalue weighted by molar-refractivity contribution is 6.05. The Kier molecular flexibility index (Phi) is 26.4. The van der Waals surface area contributed by atoms with E-state index in [1.807, 2.05) is 54.4 Å². The number of Topliss-reactive ketones (excluding diaryl/α,β-unsaturated/α-hetero) is 2. The minimum atomic E-state index is -1.83. The summed E-state index contributed by atoms with van der Waals surface area (Å²) in [4.78, 5) is 142. The van der Waals surface area contributed by atoms with Crippen molar-refractivity contribution in [2.75, 3.05) is 122 Å². The van der Waals surface area contributed by atoms with E-state index in [0.717, 1.165) is 134 Å². The van der Waals surface area contributed by atoms with E-state index in [-0.39, 0.29) is 169 Å². The van der Waals surface area contributed by atoms with Crippen molar-refractivity contribution in [1.82, 2.24) is 29.2 Å². The molecule has 9 heterocycles. The zero-order valence-electron chi connectivity index (χ0n) is 86.5. The van der Waals surface area contributed by atoms with Crippen LogP contribution in [0.25, 0.3) is 32.7 Å². The molecule has 6 saturated heterocycles. The monoisotopic (exact) mass is 2030 g/mol. The molecule has 6 aromatic rings. The third-order valence-corrected chi connectivity index (χ3v) is 39.2. The number of aromatic nitrogens is 3. The maximum absolute atomic E-state index is 17.5. The molecule has 0 radical (unpaired) electrons. The number of piperidine rings is 3. The van der Waals surface area contributed by atoms with Gasteiger partial charge in [0.1, 0.15) is 64.9 Å². The van der Waals surface area contributed by atoms with Crippen molar-refractivity contribution in [3.63, 3.8) is 0 Å². The van der Waals surface area contributed by atoms with Crippen molar-refractivity contribution in [3.05, 3.63) is 146 Å². The molecule has 23 rings (SSSR count). The number of ether oxygens (including phenoxy) is 6. The normalized spacial score (nSPS) is 32.9. The second-order valence-electron chi connectivity index (χ2n) is 46.7. The van der Waals surface area contributed by atoms with Gasteiger partial charge in [0.05, 0.1) is 66.2 Å². The van der Waals surface area contributed by atoms with Crippen molar-refractivity contribution in [3.8, 4) is 17.2 Å². The standard InChI is InChI=1S/C69H84F2N6O13.C23H28FN3O4.C21H28O5/c1-34-50-57(63(86-7)59(55(34)70)74-27-38-11-9-23-72-46(38)29-74)76(41-14-15-41)36(3)52(61(50)81)65(83)89-32-73-24-10-12-39-28-75(30-47(39)73)60-56(71)35(2)51-58(64(60)87-8)77(42-16-17-42)37(4)53(62(51)82)66(84)90-33-88-31-49(80)69(85)22-20-45-44-18-13-40-25-43(78)19-21-67(40,5)54(44)48(79)26-68(45,69)6;1-11-16-19(27(14-6-7-14)12(2)17(21(16)28)23(29)30)22(31-3)20(18(11)24)26-9-13-5-4-8-25-15(13)10-26;1-19-7-5-13(23)9-12(19)3-4-14-15-6-8-21(26,17(25)11-22)20(15,2)10-16(24)18(14)19/h19,21,25,38-39,41-42,44-48,54,72,79,85H,9-18,20,22-24,26-33H2,1-8H3;13-15,25H,4-10H2,1-3H3,(H,29,30);5,7,9,14-16,18,22,24,26H,3-4,6,8,10-11H2,1-2H3/t38?,39?,44-,45-,46?,47?,48-,54+,67-,68-,69-;;14-,15-,16-,18+,19-,20-,21-/m0.0/s1. The van der Waals surface area contributed by atoms with E-state index in [1.54, 1.807) is 58.9 Å². The van der Waals surface area contributed by atoms with Crippen LogP contribution in [0, 0.1) is 134 Å². The largest absolute Gasteiger partial charge is 0.492 e. The number of anilines is 3. The number of allylic oxidation sites excluding steroid dienone is 8. The summed E-state index contributed by atoms with van der Waals surface area (Å²) >= 11 is 0. The first-order valence-corrected chi connectivity index (χ1v) is 53.4. The lowest BCUT2D eigenvalue weighted by molar-refractivity contribution is -0.181. The van der Waals surface area contributed by atoms with Gasteiger partial charge in [0.25, 0.3) is 0 Å². The Labute approximate surface area is 851 Å². The molecule has 147 heavy (non-hydrogen) atoms. The zero-order chi connectivity index (χ0) is 104. The number of nitrogens with zero attached hydrogens (tertiary/aromatic N) is 7. The lowest BCUT2D eigenvalue weighted by Gasteiger charge is -2.59. The molecule has 790 valence electrons. The molecule has 15 fully saturated rings. The van der Waals surface area contributed by atoms with E-state index in [1.165, 1.54) is 28.3 Å². The molecular weight excluding hydrogens is 1890 g/mol. The lowest BCUT2D eigenvalue weighted by atomic mass is 9.46. The van der Waals surface area contributed by atoms with Gasteiger partial charge < -0.3 is 98.1 Å². The number of carboxylic acids is 1. The number of benzene rings is 3. The molecule has 8 N–H and O–H groups in total. The van der Waals surface area contributed by atoms with Crippen molar-refractivity contribution in [1.29, 1.82) is 0 Å². The molecule has 31 nitrogen and oxygen atoms in total. The number of halogens is 3. The summed E-state index contributed by atoms with van der Waals surface area (Å²) in [5.41, 5.74) is -2.78. The number of hydrogen-bond donors (Lipinski definition) is 8. The quantitative estimate of drug-likeness (QED) is 0.0188. The third kappa shape index (κ3) is 16.0. The van der Waals surface area contributed by atoms with Crippen LogP contribution in [-0.4, -0.2) is 239 Å². The van der Waals surface area contributed by atoms with E-state index in [4.69, 9.17) is 28.4 Å². The minimum absolute atomic E-state index is 0.00504. The Bertz CT molecular complexity index is 6840. The number of pyridine rings is 3. The summed E-state index contributed by atoms with van der Waals surface area (Å²) < 4.78 is 91.5. The van der Waals surface area contributed by atoms with E-state index in [2.05, 4.69) is 29.4 Å². The number of aliphatic hydroxyl groups is 5. The number of likely N-dealkylation sites (tertiary alicyclic amines) is 1. The number of carboxylic acid groups (broad SMARTS) is 1. The molecule has 20 atom stereocenters. The summed E-state index contributed by atoms with van der Waals surface area (Å²) in [7, 11) is 4.44. The van der Waals surface area contributed by atoms with Crippen molar-refractivity contribution >= 4 is 90.8 Å². The molecule has 0 amide bonds. The minimum Gasteiger partial charge on any atom is -0.492 e. The van der Waals surface area contributed by atoms with Crippen LogP contribution in [0.4, 0.5) is 30.2 Å². The highest BCUT2D eigenvalue weighted by atomic mass is 19.1. The van der Waals surface area contributed by atoms with Crippen LogP contribution < -0.4 is 55.8 Å². The number of hydrogen-bond acceptors (Lipinski definition) is 27. The third-order valence-electron chi connectivity index (χ3n) is 39.2. The highest BCUT2D eigenvalue weighted by Gasteiger charge is 2.71. The van der Waals surface area contributed by atoms with Gasteiger partial charge >= 0.3 is 17.9 Å². The molecule has 17 aliphatic rings. The predicted molar refractivity (Wildman–Crippen MR) is 543 cm³/mol. The van der Waals surface area contributed by atoms with Crippen molar-refractivity contribution in [2.24, 2.45) is 74.9 Å². The lowest BCUT2D eigenvalue weighted by Crippen LogP contribution is -2.61. The molecule has 34 heteroatoms. The highest BCUT2D eigenvalue weighted by Crippen LogP contribution is 2.70. The smallest absolute Gasteiger partial charge is 0.346 e. The first-order chi connectivity index (χ1) is 70.1. The maximum Gasteiger partial charge on any atom is 0.346 e. The first kappa shape index (κ1) is 102. The Morgan fingerprint density at radius 2 is 0.871 bits per heavy atom. The molecule has 9 saturated carbocycles. The van der Waals surface area contributed by atoms with E-state index >= 15 is 13.2 Å². The zero-order valence-corrected chi connectivity index (χ0v) is 86.5. The second-order valence-corrected chi connectivity index (χ2v) is 46.7. The Hall–Kier alpha value is -10.4. The molecule has 3 aromatic heterocycles. The van der Waals surface area contributed by atoms with Crippen LogP contribution in [0.1, 0.15) is 252 Å². The Morgan fingerprint density at radius 1 is 0.483 bits per heavy atom. The van der Waals surface area contributed by atoms with E-state index in [0.29, 0.717) is 139 Å². The molecule has 6 aliphatic heterocycles. The van der Waals surface area contributed by atoms with Gasteiger partial charge in [-0.3, -0.25) is 38.5 Å². The van der Waals surface area contributed by atoms with Gasteiger partial charge in [-0.25, -0.2) is 27.6 Å².